The summed E-state index contributed by atoms with van der Waals surface area (Å²) in [6, 6.07) is 6.42. The van der Waals surface area contributed by atoms with Gasteiger partial charge in [0.2, 0.25) is 0 Å². The van der Waals surface area contributed by atoms with Gasteiger partial charge in [-0.1, -0.05) is 30.5 Å². The fourth-order valence-electron chi connectivity index (χ4n) is 2.84. The Bertz CT molecular complexity index is 638. The van der Waals surface area contributed by atoms with Crippen LogP contribution in [0.3, 0.4) is 0 Å². The summed E-state index contributed by atoms with van der Waals surface area (Å²) in [7, 11) is 0. The minimum atomic E-state index is -0.883. The molecule has 6 heteroatoms. The average Bonchev–Trinajstić information content (AvgIpc) is 3.07. The minimum absolute atomic E-state index is 0.173. The number of esters is 1. The molecule has 1 aliphatic rings. The number of rotatable bonds is 6. The van der Waals surface area contributed by atoms with Crippen LogP contribution in [0.5, 0.6) is 0 Å². The topological polar surface area (TPSA) is 84.5 Å². The molecule has 1 saturated carbocycles. The van der Waals surface area contributed by atoms with Gasteiger partial charge in [0.05, 0.1) is 0 Å². The predicted octanol–water partition coefficient (Wildman–Crippen LogP) is 2.10. The van der Waals surface area contributed by atoms with Crippen LogP contribution in [0.25, 0.3) is 0 Å². The third kappa shape index (κ3) is 5.59. The van der Waals surface area contributed by atoms with E-state index in [1.807, 2.05) is 13.0 Å². The molecule has 0 aliphatic heterocycles. The summed E-state index contributed by atoms with van der Waals surface area (Å²) in [6.45, 7) is 4.97. The summed E-state index contributed by atoms with van der Waals surface area (Å²) >= 11 is 0. The quantitative estimate of drug-likeness (QED) is 0.773. The van der Waals surface area contributed by atoms with Crippen molar-refractivity contribution in [2.24, 2.45) is 0 Å². The fourth-order valence-corrected chi connectivity index (χ4v) is 2.84. The second-order valence-corrected chi connectivity index (χ2v) is 6.63. The van der Waals surface area contributed by atoms with E-state index in [-0.39, 0.29) is 17.9 Å². The van der Waals surface area contributed by atoms with Crippen LogP contribution in [0.2, 0.25) is 0 Å². The zero-order valence-electron chi connectivity index (χ0n) is 15.0. The predicted molar refractivity (Wildman–Crippen MR) is 94.1 cm³/mol. The SMILES string of the molecule is Cc1cccc(C(=O)N[C@H](C)C(=O)O[C@@H](C)C(=O)NC2CCCC2)c1. The molecule has 2 N–H and O–H groups in total. The zero-order valence-corrected chi connectivity index (χ0v) is 15.0. The molecule has 1 fully saturated rings. The second kappa shape index (κ2) is 8.65. The molecule has 0 heterocycles. The molecule has 1 aromatic rings. The van der Waals surface area contributed by atoms with E-state index < -0.39 is 18.1 Å². The maximum absolute atomic E-state index is 12.2. The first-order valence-corrected chi connectivity index (χ1v) is 8.75. The van der Waals surface area contributed by atoms with E-state index in [0.717, 1.165) is 31.2 Å². The molecule has 25 heavy (non-hydrogen) atoms. The van der Waals surface area contributed by atoms with Gasteiger partial charge in [-0.2, -0.15) is 0 Å². The Kier molecular flexibility index (Phi) is 6.56. The molecule has 0 aromatic heterocycles. The number of carbonyl (C=O) groups excluding carboxylic acids is 3. The van der Waals surface area contributed by atoms with Gasteiger partial charge in [0, 0.05) is 11.6 Å². The Morgan fingerprint density at radius 2 is 1.84 bits per heavy atom. The highest BCUT2D eigenvalue weighted by Crippen LogP contribution is 2.17. The van der Waals surface area contributed by atoms with Gasteiger partial charge in [-0.25, -0.2) is 4.79 Å². The van der Waals surface area contributed by atoms with E-state index in [2.05, 4.69) is 10.6 Å². The highest BCUT2D eigenvalue weighted by molar-refractivity contribution is 5.97. The number of amides is 2. The third-order valence-corrected chi connectivity index (χ3v) is 4.35. The van der Waals surface area contributed by atoms with E-state index >= 15 is 0 Å². The molecule has 0 spiro atoms. The van der Waals surface area contributed by atoms with Crippen molar-refractivity contribution in [3.63, 3.8) is 0 Å². The molecule has 1 aliphatic carbocycles. The van der Waals surface area contributed by atoms with Crippen LogP contribution in [-0.4, -0.2) is 36.0 Å². The lowest BCUT2D eigenvalue weighted by Crippen LogP contribution is -2.45. The van der Waals surface area contributed by atoms with Gasteiger partial charge < -0.3 is 15.4 Å². The van der Waals surface area contributed by atoms with Crippen molar-refractivity contribution in [3.05, 3.63) is 35.4 Å². The Hall–Kier alpha value is -2.37. The van der Waals surface area contributed by atoms with Crippen molar-refractivity contribution in [3.8, 4) is 0 Å². The van der Waals surface area contributed by atoms with Gasteiger partial charge >= 0.3 is 5.97 Å². The summed E-state index contributed by atoms with van der Waals surface area (Å²) in [5.74, 6) is -1.27. The van der Waals surface area contributed by atoms with Crippen LogP contribution in [0.1, 0.15) is 55.5 Å². The lowest BCUT2D eigenvalue weighted by atomic mass is 10.1. The lowest BCUT2D eigenvalue weighted by molar-refractivity contribution is -0.156. The first-order valence-electron chi connectivity index (χ1n) is 8.75. The van der Waals surface area contributed by atoms with Crippen molar-refractivity contribution < 1.29 is 19.1 Å². The maximum Gasteiger partial charge on any atom is 0.329 e. The molecule has 0 radical (unpaired) electrons. The molecule has 2 amide bonds. The number of nitrogens with one attached hydrogen (secondary N) is 2. The third-order valence-electron chi connectivity index (χ3n) is 4.35. The highest BCUT2D eigenvalue weighted by Gasteiger charge is 2.25. The summed E-state index contributed by atoms with van der Waals surface area (Å²) < 4.78 is 5.18. The number of ether oxygens (including phenoxy) is 1. The molecule has 1 aromatic carbocycles. The Balaban J connectivity index is 1.82. The largest absolute Gasteiger partial charge is 0.451 e. The maximum atomic E-state index is 12.2. The van der Waals surface area contributed by atoms with Gasteiger partial charge in [-0.15, -0.1) is 0 Å². The Morgan fingerprint density at radius 3 is 2.48 bits per heavy atom. The molecule has 0 bridgehead atoms. The van der Waals surface area contributed by atoms with E-state index in [1.165, 1.54) is 13.8 Å². The molecule has 2 rings (SSSR count). The molecular formula is C19H26N2O4. The van der Waals surface area contributed by atoms with Crippen molar-refractivity contribution in [2.45, 2.75) is 64.6 Å². The molecule has 2 atom stereocenters. The van der Waals surface area contributed by atoms with E-state index in [4.69, 9.17) is 4.74 Å². The van der Waals surface area contributed by atoms with Crippen LogP contribution < -0.4 is 10.6 Å². The fraction of sp³-hybridized carbons (Fsp3) is 0.526. The summed E-state index contributed by atoms with van der Waals surface area (Å²) in [6.07, 6.45) is 3.28. The Labute approximate surface area is 148 Å². The van der Waals surface area contributed by atoms with Crippen LogP contribution in [0.4, 0.5) is 0 Å². The molecule has 136 valence electrons. The first kappa shape index (κ1) is 19.0. The zero-order chi connectivity index (χ0) is 18.4. The lowest BCUT2D eigenvalue weighted by Gasteiger charge is -2.19. The van der Waals surface area contributed by atoms with E-state index in [0.29, 0.717) is 5.56 Å². The number of carbonyl (C=O) groups is 3. The summed E-state index contributed by atoms with van der Waals surface area (Å²) in [5.41, 5.74) is 1.44. The number of aryl methyl sites for hydroxylation is 1. The van der Waals surface area contributed by atoms with Gasteiger partial charge in [-0.05, 0) is 45.7 Å². The second-order valence-electron chi connectivity index (χ2n) is 6.63. The van der Waals surface area contributed by atoms with Crippen molar-refractivity contribution in [1.29, 1.82) is 0 Å². The first-order chi connectivity index (χ1) is 11.9. The summed E-state index contributed by atoms with van der Waals surface area (Å²) in [4.78, 5) is 36.3. The van der Waals surface area contributed by atoms with Crippen molar-refractivity contribution in [2.75, 3.05) is 0 Å². The van der Waals surface area contributed by atoms with Gasteiger partial charge in [0.1, 0.15) is 6.04 Å². The monoisotopic (exact) mass is 346 g/mol. The standard InChI is InChI=1S/C19H26N2O4/c1-12-7-6-8-15(11-12)18(23)20-13(2)19(24)25-14(3)17(22)21-16-9-4-5-10-16/h6-8,11,13-14,16H,4-5,9-10H2,1-3H3,(H,20,23)(H,21,22)/t13-,14+/m1/s1. The smallest absolute Gasteiger partial charge is 0.329 e. The van der Waals surface area contributed by atoms with Crippen molar-refractivity contribution in [1.82, 2.24) is 10.6 Å². The van der Waals surface area contributed by atoms with Gasteiger partial charge in [-0.3, -0.25) is 9.59 Å². The molecule has 0 unspecified atom stereocenters. The summed E-state index contributed by atoms with van der Waals surface area (Å²) in [5, 5.41) is 5.49. The van der Waals surface area contributed by atoms with Crippen LogP contribution in [-0.2, 0) is 14.3 Å². The van der Waals surface area contributed by atoms with Crippen LogP contribution in [0, 0.1) is 6.92 Å². The average molecular weight is 346 g/mol. The Morgan fingerprint density at radius 1 is 1.16 bits per heavy atom. The number of benzene rings is 1. The van der Waals surface area contributed by atoms with Gasteiger partial charge in [0.15, 0.2) is 6.10 Å². The van der Waals surface area contributed by atoms with Crippen LogP contribution >= 0.6 is 0 Å². The number of hydrogen-bond acceptors (Lipinski definition) is 4. The van der Waals surface area contributed by atoms with E-state index in [1.54, 1.807) is 18.2 Å². The molecular weight excluding hydrogens is 320 g/mol. The number of hydrogen-bond donors (Lipinski definition) is 2. The van der Waals surface area contributed by atoms with Crippen LogP contribution in [0.15, 0.2) is 24.3 Å². The molecule has 0 saturated heterocycles. The highest BCUT2D eigenvalue weighted by atomic mass is 16.5. The van der Waals surface area contributed by atoms with Crippen molar-refractivity contribution >= 4 is 17.8 Å². The molecule has 6 nitrogen and oxygen atoms in total. The van der Waals surface area contributed by atoms with Gasteiger partial charge in [0.25, 0.3) is 11.8 Å². The normalized spacial score (nSPS) is 16.8. The minimum Gasteiger partial charge on any atom is -0.451 e. The van der Waals surface area contributed by atoms with E-state index in [9.17, 15) is 14.4 Å².